The lowest BCUT2D eigenvalue weighted by Gasteiger charge is -2.59. The molecule has 0 spiro atoms. The molecule has 0 aromatic carbocycles. The molecule has 0 aromatic rings. The number of allylic oxidation sites excluding steroid dienone is 1. The van der Waals surface area contributed by atoms with Crippen molar-refractivity contribution in [2.24, 2.45) is 23.2 Å². The van der Waals surface area contributed by atoms with Crippen LogP contribution >= 0.6 is 0 Å². The van der Waals surface area contributed by atoms with E-state index in [1.54, 1.807) is 0 Å². The van der Waals surface area contributed by atoms with Crippen LogP contribution in [-0.4, -0.2) is 36.9 Å². The van der Waals surface area contributed by atoms with Crippen LogP contribution in [0.4, 0.5) is 0 Å². The van der Waals surface area contributed by atoms with Gasteiger partial charge in [0.05, 0.1) is 0 Å². The molecule has 3 aliphatic carbocycles. The number of rotatable bonds is 4. The van der Waals surface area contributed by atoms with Crippen molar-refractivity contribution in [1.29, 1.82) is 0 Å². The number of fused-ring (bicyclic) bond motifs is 5. The van der Waals surface area contributed by atoms with Crippen LogP contribution < -0.4 is 0 Å². The zero-order valence-electron chi connectivity index (χ0n) is 17.5. The van der Waals surface area contributed by atoms with Crippen molar-refractivity contribution in [2.45, 2.75) is 83.8 Å². The summed E-state index contributed by atoms with van der Waals surface area (Å²) >= 11 is 0. The van der Waals surface area contributed by atoms with Gasteiger partial charge in [-0.1, -0.05) is 18.6 Å². The highest BCUT2D eigenvalue weighted by Crippen LogP contribution is 2.61. The Morgan fingerprint density at radius 2 is 2.04 bits per heavy atom. The molecule has 6 atom stereocenters. The van der Waals surface area contributed by atoms with Crippen molar-refractivity contribution in [2.75, 3.05) is 13.2 Å². The van der Waals surface area contributed by atoms with Gasteiger partial charge >= 0.3 is 11.9 Å². The molecule has 0 N–H and O–H groups in total. The van der Waals surface area contributed by atoms with Crippen LogP contribution in [0.15, 0.2) is 11.6 Å². The first kappa shape index (κ1) is 19.9. The van der Waals surface area contributed by atoms with Gasteiger partial charge in [0.2, 0.25) is 0 Å². The molecule has 1 aliphatic heterocycles. The summed E-state index contributed by atoms with van der Waals surface area (Å²) < 4.78 is 16.7. The van der Waals surface area contributed by atoms with E-state index in [1.807, 2.05) is 6.92 Å². The van der Waals surface area contributed by atoms with Gasteiger partial charge in [0, 0.05) is 25.4 Å². The summed E-state index contributed by atoms with van der Waals surface area (Å²) in [6, 6.07) is 0. The SMILES string of the molecule is CCOCC(=O)O[C@H]1CC[C@@]2(C)C(=CC[C@@H]3[C@@H]2CC[C@]2(C)OC(=O)CC[C@@H]32)C1. The van der Waals surface area contributed by atoms with E-state index in [1.165, 1.54) is 5.57 Å². The molecule has 0 radical (unpaired) electrons. The average Bonchev–Trinajstić information content (AvgIpc) is 2.65. The van der Waals surface area contributed by atoms with E-state index >= 15 is 0 Å². The lowest BCUT2D eigenvalue weighted by Crippen LogP contribution is -2.56. The van der Waals surface area contributed by atoms with Crippen molar-refractivity contribution in [3.05, 3.63) is 11.6 Å². The van der Waals surface area contributed by atoms with Crippen LogP contribution in [0.25, 0.3) is 0 Å². The Hall–Kier alpha value is -1.36. The summed E-state index contributed by atoms with van der Waals surface area (Å²) in [7, 11) is 0. The maximum Gasteiger partial charge on any atom is 0.332 e. The standard InChI is InChI=1S/C23H34O5/c1-4-26-14-21(25)27-16-9-11-22(2)15(13-16)5-6-17-18(22)10-12-23(3)19(17)7-8-20(24)28-23/h5,16-19H,4,6-14H2,1-3H3/t16-,17+,18-,19-,22-,23-/m0/s1. The molecular weight excluding hydrogens is 356 g/mol. The van der Waals surface area contributed by atoms with E-state index in [9.17, 15) is 9.59 Å². The van der Waals surface area contributed by atoms with E-state index in [-0.39, 0.29) is 35.7 Å². The summed E-state index contributed by atoms with van der Waals surface area (Å²) in [5.41, 5.74) is 1.39. The van der Waals surface area contributed by atoms with E-state index in [0.717, 1.165) is 44.9 Å². The van der Waals surface area contributed by atoms with Crippen LogP contribution in [0, 0.1) is 23.2 Å². The first-order chi connectivity index (χ1) is 13.4. The van der Waals surface area contributed by atoms with Crippen molar-refractivity contribution in [3.63, 3.8) is 0 Å². The molecule has 5 heteroatoms. The molecule has 0 bridgehead atoms. The van der Waals surface area contributed by atoms with Crippen molar-refractivity contribution in [1.82, 2.24) is 0 Å². The Bertz CT molecular complexity index is 670. The Labute approximate surface area is 168 Å². The number of hydrogen-bond donors (Lipinski definition) is 0. The predicted molar refractivity (Wildman–Crippen MR) is 104 cm³/mol. The van der Waals surface area contributed by atoms with Crippen molar-refractivity contribution >= 4 is 11.9 Å². The number of carbonyl (C=O) groups excluding carboxylic acids is 2. The molecule has 4 aliphatic rings. The first-order valence-corrected chi connectivity index (χ1v) is 11.0. The molecule has 0 unspecified atom stereocenters. The quantitative estimate of drug-likeness (QED) is 0.532. The van der Waals surface area contributed by atoms with Gasteiger partial charge in [-0.3, -0.25) is 4.79 Å². The highest BCUT2D eigenvalue weighted by atomic mass is 16.6. The molecule has 156 valence electrons. The fourth-order valence-corrected chi connectivity index (χ4v) is 6.65. The third kappa shape index (κ3) is 3.40. The van der Waals surface area contributed by atoms with E-state index in [4.69, 9.17) is 14.2 Å². The highest BCUT2D eigenvalue weighted by Gasteiger charge is 2.57. The number of esters is 2. The summed E-state index contributed by atoms with van der Waals surface area (Å²) in [5.74, 6) is 1.44. The average molecular weight is 391 g/mol. The molecule has 0 aromatic heterocycles. The molecule has 3 fully saturated rings. The smallest absolute Gasteiger partial charge is 0.332 e. The van der Waals surface area contributed by atoms with Gasteiger partial charge in [0.25, 0.3) is 0 Å². The minimum atomic E-state index is -0.274. The molecule has 0 amide bonds. The zero-order valence-corrected chi connectivity index (χ0v) is 17.5. The second-order valence-corrected chi connectivity index (χ2v) is 9.62. The minimum absolute atomic E-state index is 0.0201. The van der Waals surface area contributed by atoms with Gasteiger partial charge in [0.15, 0.2) is 0 Å². The topological polar surface area (TPSA) is 61.8 Å². The molecule has 1 saturated heterocycles. The fourth-order valence-electron chi connectivity index (χ4n) is 6.65. The predicted octanol–water partition coefficient (Wildman–Crippen LogP) is 4.19. The summed E-state index contributed by atoms with van der Waals surface area (Å²) in [5, 5.41) is 0. The van der Waals surface area contributed by atoms with Gasteiger partial charge < -0.3 is 14.2 Å². The third-order valence-corrected chi connectivity index (χ3v) is 8.12. The monoisotopic (exact) mass is 390 g/mol. The minimum Gasteiger partial charge on any atom is -0.460 e. The Balaban J connectivity index is 1.47. The summed E-state index contributed by atoms with van der Waals surface area (Å²) in [6.07, 6.45) is 9.93. The Morgan fingerprint density at radius 3 is 2.82 bits per heavy atom. The molecular formula is C23H34O5. The summed E-state index contributed by atoms with van der Waals surface area (Å²) in [4.78, 5) is 23.8. The van der Waals surface area contributed by atoms with Gasteiger partial charge in [-0.2, -0.15) is 0 Å². The van der Waals surface area contributed by atoms with E-state index in [2.05, 4.69) is 19.9 Å². The van der Waals surface area contributed by atoms with E-state index in [0.29, 0.717) is 30.8 Å². The Morgan fingerprint density at radius 1 is 1.21 bits per heavy atom. The fraction of sp³-hybridized carbons (Fsp3) is 0.826. The lowest BCUT2D eigenvalue weighted by molar-refractivity contribution is -0.193. The molecule has 1 heterocycles. The van der Waals surface area contributed by atoms with Crippen LogP contribution in [0.3, 0.4) is 0 Å². The third-order valence-electron chi connectivity index (χ3n) is 8.12. The van der Waals surface area contributed by atoms with E-state index < -0.39 is 0 Å². The second-order valence-electron chi connectivity index (χ2n) is 9.62. The maximum absolute atomic E-state index is 11.9. The first-order valence-electron chi connectivity index (χ1n) is 11.0. The summed E-state index contributed by atoms with van der Waals surface area (Å²) in [6.45, 7) is 7.03. The van der Waals surface area contributed by atoms with Crippen molar-refractivity contribution < 1.29 is 23.8 Å². The number of hydrogen-bond acceptors (Lipinski definition) is 5. The van der Waals surface area contributed by atoms with Crippen LogP contribution in [0.5, 0.6) is 0 Å². The van der Waals surface area contributed by atoms with Crippen molar-refractivity contribution in [3.8, 4) is 0 Å². The second kappa shape index (κ2) is 7.47. The molecule has 5 nitrogen and oxygen atoms in total. The molecule has 4 rings (SSSR count). The molecule has 2 saturated carbocycles. The largest absolute Gasteiger partial charge is 0.460 e. The zero-order chi connectivity index (χ0) is 19.9. The molecule has 28 heavy (non-hydrogen) atoms. The van der Waals surface area contributed by atoms with Crippen LogP contribution in [-0.2, 0) is 23.8 Å². The van der Waals surface area contributed by atoms with Gasteiger partial charge in [-0.05, 0) is 69.6 Å². The maximum atomic E-state index is 11.9. The number of carbonyl (C=O) groups is 2. The van der Waals surface area contributed by atoms with Crippen LogP contribution in [0.2, 0.25) is 0 Å². The van der Waals surface area contributed by atoms with Crippen LogP contribution in [0.1, 0.15) is 72.1 Å². The number of ether oxygens (including phenoxy) is 3. The highest BCUT2D eigenvalue weighted by molar-refractivity contribution is 5.71. The Kier molecular flexibility index (Phi) is 5.32. The van der Waals surface area contributed by atoms with Gasteiger partial charge in [-0.25, -0.2) is 4.79 Å². The lowest BCUT2D eigenvalue weighted by atomic mass is 9.49. The van der Waals surface area contributed by atoms with Gasteiger partial charge in [0.1, 0.15) is 18.3 Å². The normalized spacial score (nSPS) is 42.4. The van der Waals surface area contributed by atoms with Gasteiger partial charge in [-0.15, -0.1) is 0 Å².